The Morgan fingerprint density at radius 3 is 2.28 bits per heavy atom. The highest BCUT2D eigenvalue weighted by atomic mass is 19.1. The van der Waals surface area contributed by atoms with Gasteiger partial charge in [-0.1, -0.05) is 30.3 Å². The van der Waals surface area contributed by atoms with Gasteiger partial charge in [0.05, 0.1) is 5.69 Å². The first-order valence-electron chi connectivity index (χ1n) is 10.1. The molecule has 0 atom stereocenters. The van der Waals surface area contributed by atoms with Crippen LogP contribution in [0.15, 0.2) is 54.6 Å². The van der Waals surface area contributed by atoms with Crippen molar-refractivity contribution >= 4 is 23.1 Å². The molecule has 0 bridgehead atoms. The summed E-state index contributed by atoms with van der Waals surface area (Å²) in [6.45, 7) is 6.08. The molecular formula is C23H24FN5. The zero-order valence-electron chi connectivity index (χ0n) is 16.6. The molecule has 2 aliphatic rings. The Morgan fingerprint density at radius 1 is 0.793 bits per heavy atom. The predicted octanol–water partition coefficient (Wildman–Crippen LogP) is 3.94. The van der Waals surface area contributed by atoms with E-state index < -0.39 is 0 Å². The van der Waals surface area contributed by atoms with Crippen LogP contribution >= 0.6 is 0 Å². The van der Waals surface area contributed by atoms with Gasteiger partial charge >= 0.3 is 0 Å². The smallest absolute Gasteiger partial charge is 0.232 e. The molecule has 2 aromatic carbocycles. The highest BCUT2D eigenvalue weighted by Gasteiger charge is 2.25. The minimum atomic E-state index is -0.159. The number of hydrogen-bond acceptors (Lipinski definition) is 5. The predicted molar refractivity (Wildman–Crippen MR) is 115 cm³/mol. The number of para-hydroxylation sites is 2. The van der Waals surface area contributed by atoms with E-state index in [4.69, 9.17) is 9.97 Å². The molecule has 0 amide bonds. The fourth-order valence-corrected chi connectivity index (χ4v) is 4.25. The molecule has 1 fully saturated rings. The van der Waals surface area contributed by atoms with E-state index in [9.17, 15) is 4.39 Å². The monoisotopic (exact) mass is 389 g/mol. The molecule has 29 heavy (non-hydrogen) atoms. The molecule has 148 valence electrons. The van der Waals surface area contributed by atoms with Gasteiger partial charge in [0.2, 0.25) is 5.95 Å². The van der Waals surface area contributed by atoms with Gasteiger partial charge in [-0.15, -0.1) is 0 Å². The van der Waals surface area contributed by atoms with E-state index >= 15 is 0 Å². The second-order valence-corrected chi connectivity index (χ2v) is 7.62. The van der Waals surface area contributed by atoms with Gasteiger partial charge in [-0.25, -0.2) is 9.37 Å². The first kappa shape index (κ1) is 17.9. The van der Waals surface area contributed by atoms with Crippen molar-refractivity contribution in [1.82, 2.24) is 9.97 Å². The maximum absolute atomic E-state index is 14.1. The van der Waals surface area contributed by atoms with Crippen LogP contribution in [0.5, 0.6) is 0 Å². The zero-order valence-corrected chi connectivity index (χ0v) is 16.6. The lowest BCUT2D eigenvalue weighted by Crippen LogP contribution is -2.47. The van der Waals surface area contributed by atoms with Crippen LogP contribution in [0.2, 0.25) is 0 Å². The zero-order chi connectivity index (χ0) is 19.8. The number of halogens is 1. The number of benzene rings is 2. The Morgan fingerprint density at radius 2 is 1.48 bits per heavy atom. The van der Waals surface area contributed by atoms with E-state index in [0.717, 1.165) is 56.6 Å². The van der Waals surface area contributed by atoms with Crippen LogP contribution in [-0.4, -0.2) is 42.7 Å². The first-order valence-corrected chi connectivity index (χ1v) is 10.1. The van der Waals surface area contributed by atoms with Crippen LogP contribution in [0.3, 0.4) is 0 Å². The molecular weight excluding hydrogens is 365 g/mol. The van der Waals surface area contributed by atoms with E-state index in [1.165, 1.54) is 17.3 Å². The maximum atomic E-state index is 14.1. The SMILES string of the molecule is Cc1cc(N2CCN(c3ccccc3F)CC2)nc(N2CCc3ccccc32)n1. The standard InChI is InChI=1S/C23H24FN5/c1-17-16-22(26-23(25-17)29-11-10-18-6-2-4-8-20(18)29)28-14-12-27(13-15-28)21-9-5-3-7-19(21)24/h2-9,16H,10-15H2,1H3. The molecule has 3 aromatic rings. The highest BCUT2D eigenvalue weighted by molar-refractivity contribution is 5.66. The second kappa shape index (κ2) is 7.35. The molecule has 3 heterocycles. The topological polar surface area (TPSA) is 35.5 Å². The van der Waals surface area contributed by atoms with Gasteiger partial charge < -0.3 is 14.7 Å². The normalized spacial score (nSPS) is 16.3. The third kappa shape index (κ3) is 3.39. The van der Waals surface area contributed by atoms with Gasteiger partial charge in [0.25, 0.3) is 0 Å². The van der Waals surface area contributed by atoms with Crippen LogP contribution in [0.25, 0.3) is 0 Å². The van der Waals surface area contributed by atoms with Crippen LogP contribution < -0.4 is 14.7 Å². The van der Waals surface area contributed by atoms with Crippen molar-refractivity contribution in [2.24, 2.45) is 0 Å². The third-order valence-electron chi connectivity index (χ3n) is 5.75. The molecule has 0 spiro atoms. The lowest BCUT2D eigenvalue weighted by molar-refractivity contribution is 0.596. The minimum Gasteiger partial charge on any atom is -0.366 e. The maximum Gasteiger partial charge on any atom is 0.232 e. The van der Waals surface area contributed by atoms with E-state index in [2.05, 4.69) is 39.0 Å². The van der Waals surface area contributed by atoms with E-state index in [1.807, 2.05) is 25.1 Å². The molecule has 1 aromatic heterocycles. The minimum absolute atomic E-state index is 0.159. The summed E-state index contributed by atoms with van der Waals surface area (Å²) in [6.07, 6.45) is 1.02. The lowest BCUT2D eigenvalue weighted by atomic mass is 10.2. The summed E-state index contributed by atoms with van der Waals surface area (Å²) in [7, 11) is 0. The van der Waals surface area contributed by atoms with Gasteiger partial charge in [-0.3, -0.25) is 0 Å². The van der Waals surface area contributed by atoms with Gasteiger partial charge in [0.15, 0.2) is 0 Å². The number of aryl methyl sites for hydroxylation is 1. The van der Waals surface area contributed by atoms with Crippen LogP contribution in [0, 0.1) is 12.7 Å². The molecule has 5 nitrogen and oxygen atoms in total. The number of nitrogens with zero attached hydrogens (tertiary/aromatic N) is 5. The summed E-state index contributed by atoms with van der Waals surface area (Å²) in [5.74, 6) is 1.56. The molecule has 0 radical (unpaired) electrons. The van der Waals surface area contributed by atoms with Gasteiger partial charge in [0, 0.05) is 50.2 Å². The van der Waals surface area contributed by atoms with Crippen LogP contribution in [0.4, 0.5) is 27.5 Å². The van der Waals surface area contributed by atoms with Crippen LogP contribution in [-0.2, 0) is 6.42 Å². The summed E-state index contributed by atoms with van der Waals surface area (Å²) in [5.41, 5.74) is 4.19. The molecule has 2 aliphatic heterocycles. The molecule has 1 saturated heterocycles. The largest absolute Gasteiger partial charge is 0.366 e. The number of hydrogen-bond donors (Lipinski definition) is 0. The Kier molecular flexibility index (Phi) is 4.54. The van der Waals surface area contributed by atoms with Crippen LogP contribution in [0.1, 0.15) is 11.3 Å². The van der Waals surface area contributed by atoms with Crippen molar-refractivity contribution < 1.29 is 4.39 Å². The number of fused-ring (bicyclic) bond motifs is 1. The number of rotatable bonds is 3. The second-order valence-electron chi connectivity index (χ2n) is 7.62. The highest BCUT2D eigenvalue weighted by Crippen LogP contribution is 2.33. The first-order chi connectivity index (χ1) is 14.2. The van der Waals surface area contributed by atoms with Crippen molar-refractivity contribution in [3.63, 3.8) is 0 Å². The fraction of sp³-hybridized carbons (Fsp3) is 0.304. The Labute approximate surface area is 170 Å². The molecule has 0 N–H and O–H groups in total. The molecule has 0 saturated carbocycles. The number of piperazine rings is 1. The number of aromatic nitrogens is 2. The third-order valence-corrected chi connectivity index (χ3v) is 5.75. The average Bonchev–Trinajstić information content (AvgIpc) is 3.18. The van der Waals surface area contributed by atoms with E-state index in [-0.39, 0.29) is 5.82 Å². The quantitative estimate of drug-likeness (QED) is 0.678. The van der Waals surface area contributed by atoms with Gasteiger partial charge in [0.1, 0.15) is 11.6 Å². The van der Waals surface area contributed by atoms with Crippen molar-refractivity contribution in [1.29, 1.82) is 0 Å². The van der Waals surface area contributed by atoms with E-state index in [0.29, 0.717) is 5.69 Å². The molecule has 5 rings (SSSR count). The Balaban J connectivity index is 1.36. The summed E-state index contributed by atoms with van der Waals surface area (Å²) in [4.78, 5) is 16.2. The number of anilines is 4. The summed E-state index contributed by atoms with van der Waals surface area (Å²) < 4.78 is 14.1. The van der Waals surface area contributed by atoms with E-state index in [1.54, 1.807) is 6.07 Å². The molecule has 0 aliphatic carbocycles. The molecule has 6 heteroatoms. The van der Waals surface area contributed by atoms with Crippen molar-refractivity contribution in [3.05, 3.63) is 71.7 Å². The lowest BCUT2D eigenvalue weighted by Gasteiger charge is -2.37. The summed E-state index contributed by atoms with van der Waals surface area (Å²) >= 11 is 0. The summed E-state index contributed by atoms with van der Waals surface area (Å²) in [6, 6.07) is 17.5. The fourth-order valence-electron chi connectivity index (χ4n) is 4.25. The Bertz CT molecular complexity index is 1030. The molecule has 0 unspecified atom stereocenters. The van der Waals surface area contributed by atoms with Gasteiger partial charge in [-0.2, -0.15) is 4.98 Å². The van der Waals surface area contributed by atoms with Crippen molar-refractivity contribution in [2.75, 3.05) is 47.4 Å². The Hall–Kier alpha value is -3.15. The summed E-state index contributed by atoms with van der Waals surface area (Å²) in [5, 5.41) is 0. The average molecular weight is 389 g/mol. The van der Waals surface area contributed by atoms with Crippen molar-refractivity contribution in [2.45, 2.75) is 13.3 Å². The van der Waals surface area contributed by atoms with Gasteiger partial charge in [-0.05, 0) is 37.1 Å². The van der Waals surface area contributed by atoms with Crippen molar-refractivity contribution in [3.8, 4) is 0 Å².